The minimum atomic E-state index is 0.224. The number of ether oxygens (including phenoxy) is 1. The highest BCUT2D eigenvalue weighted by Gasteiger charge is 2.48. The second-order valence-corrected chi connectivity index (χ2v) is 9.14. The van der Waals surface area contributed by atoms with Crippen molar-refractivity contribution in [1.29, 1.82) is 0 Å². The van der Waals surface area contributed by atoms with E-state index < -0.39 is 0 Å². The van der Waals surface area contributed by atoms with Crippen LogP contribution in [0.1, 0.15) is 43.7 Å². The summed E-state index contributed by atoms with van der Waals surface area (Å²) >= 11 is 0. The van der Waals surface area contributed by atoms with Crippen molar-refractivity contribution in [1.82, 2.24) is 9.80 Å². The molecule has 4 nitrogen and oxygen atoms in total. The molecule has 3 aliphatic rings. The van der Waals surface area contributed by atoms with Gasteiger partial charge in [-0.15, -0.1) is 0 Å². The SMILES string of the molecule is CC(=O)N1C[C@@H](COCC2CC2)C2(CCN(Cc3ccccc3C)CC2)C1. The fourth-order valence-electron chi connectivity index (χ4n) is 4.92. The molecule has 0 radical (unpaired) electrons. The number of rotatable bonds is 6. The molecule has 0 unspecified atom stereocenters. The molecule has 1 aromatic carbocycles. The number of hydrogen-bond acceptors (Lipinski definition) is 3. The Morgan fingerprint density at radius 1 is 1.19 bits per heavy atom. The number of carbonyl (C=O) groups is 1. The molecule has 1 atom stereocenters. The van der Waals surface area contributed by atoms with Gasteiger partial charge in [0.2, 0.25) is 5.91 Å². The summed E-state index contributed by atoms with van der Waals surface area (Å²) in [5, 5.41) is 0. The van der Waals surface area contributed by atoms with Gasteiger partial charge in [0.05, 0.1) is 6.61 Å². The smallest absolute Gasteiger partial charge is 0.219 e. The van der Waals surface area contributed by atoms with Crippen molar-refractivity contribution in [3.05, 3.63) is 35.4 Å². The number of aryl methyl sites for hydroxylation is 1. The van der Waals surface area contributed by atoms with Crippen molar-refractivity contribution in [3.63, 3.8) is 0 Å². The maximum absolute atomic E-state index is 12.0. The van der Waals surface area contributed by atoms with E-state index in [-0.39, 0.29) is 11.3 Å². The molecule has 0 bridgehead atoms. The van der Waals surface area contributed by atoms with Crippen LogP contribution in [0.25, 0.3) is 0 Å². The highest BCUT2D eigenvalue weighted by Crippen LogP contribution is 2.45. The van der Waals surface area contributed by atoms with E-state index in [0.29, 0.717) is 5.92 Å². The van der Waals surface area contributed by atoms with Crippen LogP contribution in [0.4, 0.5) is 0 Å². The normalized spacial score (nSPS) is 25.3. The number of likely N-dealkylation sites (tertiary alicyclic amines) is 2. The maximum Gasteiger partial charge on any atom is 0.219 e. The summed E-state index contributed by atoms with van der Waals surface area (Å²) in [7, 11) is 0. The minimum Gasteiger partial charge on any atom is -0.381 e. The fraction of sp³-hybridized carbons (Fsp3) is 0.696. The Bertz CT molecular complexity index is 662. The Labute approximate surface area is 163 Å². The van der Waals surface area contributed by atoms with Gasteiger partial charge in [-0.3, -0.25) is 9.69 Å². The fourth-order valence-corrected chi connectivity index (χ4v) is 4.92. The lowest BCUT2D eigenvalue weighted by atomic mass is 9.71. The summed E-state index contributed by atoms with van der Waals surface area (Å²) in [5.74, 6) is 1.53. The average Bonchev–Trinajstić information content (AvgIpc) is 3.41. The Morgan fingerprint density at radius 2 is 1.93 bits per heavy atom. The highest BCUT2D eigenvalue weighted by atomic mass is 16.5. The third-order valence-corrected chi connectivity index (χ3v) is 7.13. The van der Waals surface area contributed by atoms with Gasteiger partial charge < -0.3 is 9.64 Å². The predicted molar refractivity (Wildman–Crippen MR) is 107 cm³/mol. The molecule has 1 spiro atoms. The van der Waals surface area contributed by atoms with E-state index >= 15 is 0 Å². The van der Waals surface area contributed by atoms with Crippen molar-refractivity contribution in [2.75, 3.05) is 39.4 Å². The maximum atomic E-state index is 12.0. The summed E-state index contributed by atoms with van der Waals surface area (Å²) in [6, 6.07) is 8.71. The van der Waals surface area contributed by atoms with Crippen LogP contribution in [-0.4, -0.2) is 55.1 Å². The Morgan fingerprint density at radius 3 is 2.59 bits per heavy atom. The molecule has 148 valence electrons. The first-order valence-corrected chi connectivity index (χ1v) is 10.7. The summed E-state index contributed by atoms with van der Waals surface area (Å²) in [6.45, 7) is 10.8. The number of benzene rings is 1. The lowest BCUT2D eigenvalue weighted by molar-refractivity contribution is -0.128. The summed E-state index contributed by atoms with van der Waals surface area (Å²) < 4.78 is 6.08. The summed E-state index contributed by atoms with van der Waals surface area (Å²) in [4.78, 5) is 16.7. The first kappa shape index (κ1) is 18.9. The van der Waals surface area contributed by atoms with E-state index in [2.05, 4.69) is 41.0 Å². The van der Waals surface area contributed by atoms with Gasteiger partial charge in [0.1, 0.15) is 0 Å². The summed E-state index contributed by atoms with van der Waals surface area (Å²) in [5.41, 5.74) is 3.08. The highest BCUT2D eigenvalue weighted by molar-refractivity contribution is 5.73. The Hall–Kier alpha value is -1.39. The molecular weight excluding hydrogens is 336 g/mol. The van der Waals surface area contributed by atoms with Gasteiger partial charge in [-0.05, 0) is 68.2 Å². The number of nitrogens with zero attached hydrogens (tertiary/aromatic N) is 2. The molecule has 0 N–H and O–H groups in total. The number of piperidine rings is 1. The van der Waals surface area contributed by atoms with Crippen molar-refractivity contribution < 1.29 is 9.53 Å². The molecule has 4 heteroatoms. The van der Waals surface area contributed by atoms with Crippen molar-refractivity contribution in [2.24, 2.45) is 17.3 Å². The third kappa shape index (κ3) is 4.38. The summed E-state index contributed by atoms with van der Waals surface area (Å²) in [6.07, 6.45) is 5.03. The molecule has 4 rings (SSSR count). The zero-order chi connectivity index (χ0) is 18.9. The van der Waals surface area contributed by atoms with Crippen LogP contribution in [-0.2, 0) is 16.1 Å². The van der Waals surface area contributed by atoms with Crippen LogP contribution in [0.2, 0.25) is 0 Å². The van der Waals surface area contributed by atoms with E-state index in [0.717, 1.165) is 51.9 Å². The zero-order valence-corrected chi connectivity index (χ0v) is 17.0. The van der Waals surface area contributed by atoms with Crippen LogP contribution in [0.5, 0.6) is 0 Å². The predicted octanol–water partition coefficient (Wildman–Crippen LogP) is 3.48. The second kappa shape index (κ2) is 7.92. The van der Waals surface area contributed by atoms with Gasteiger partial charge in [0, 0.05) is 39.1 Å². The van der Waals surface area contributed by atoms with Gasteiger partial charge in [-0.2, -0.15) is 0 Å². The van der Waals surface area contributed by atoms with E-state index in [1.165, 1.54) is 36.8 Å². The standard InChI is InChI=1S/C23H34N2O2/c1-18-5-3-4-6-21(18)13-24-11-9-23(10-12-24)17-25(19(2)26)14-22(23)16-27-15-20-7-8-20/h3-6,20,22H,7-17H2,1-2H3/t22-/m0/s1. The molecule has 2 heterocycles. The molecule has 27 heavy (non-hydrogen) atoms. The number of carbonyl (C=O) groups excluding carboxylic acids is 1. The molecule has 1 aromatic rings. The van der Waals surface area contributed by atoms with Gasteiger partial charge in [0.25, 0.3) is 0 Å². The first-order valence-electron chi connectivity index (χ1n) is 10.7. The lowest BCUT2D eigenvalue weighted by Crippen LogP contribution is -2.45. The Balaban J connectivity index is 1.37. The van der Waals surface area contributed by atoms with Gasteiger partial charge >= 0.3 is 0 Å². The van der Waals surface area contributed by atoms with Crippen LogP contribution in [0, 0.1) is 24.2 Å². The van der Waals surface area contributed by atoms with Crippen molar-refractivity contribution in [2.45, 2.75) is 46.1 Å². The monoisotopic (exact) mass is 370 g/mol. The molecule has 1 aliphatic carbocycles. The number of amides is 1. The van der Waals surface area contributed by atoms with Crippen LogP contribution >= 0.6 is 0 Å². The van der Waals surface area contributed by atoms with E-state index in [1.807, 2.05) is 0 Å². The van der Waals surface area contributed by atoms with Crippen LogP contribution in [0.3, 0.4) is 0 Å². The van der Waals surface area contributed by atoms with Gasteiger partial charge in [-0.1, -0.05) is 24.3 Å². The number of hydrogen-bond donors (Lipinski definition) is 0. The second-order valence-electron chi connectivity index (χ2n) is 9.14. The van der Waals surface area contributed by atoms with Gasteiger partial charge in [0.15, 0.2) is 0 Å². The van der Waals surface area contributed by atoms with E-state index in [9.17, 15) is 4.79 Å². The molecule has 1 amide bonds. The average molecular weight is 371 g/mol. The van der Waals surface area contributed by atoms with Crippen LogP contribution < -0.4 is 0 Å². The van der Waals surface area contributed by atoms with Crippen molar-refractivity contribution >= 4 is 5.91 Å². The third-order valence-electron chi connectivity index (χ3n) is 7.13. The minimum absolute atomic E-state index is 0.224. The quantitative estimate of drug-likeness (QED) is 0.768. The zero-order valence-electron chi connectivity index (χ0n) is 17.0. The van der Waals surface area contributed by atoms with Gasteiger partial charge in [-0.25, -0.2) is 0 Å². The molecule has 0 aromatic heterocycles. The largest absolute Gasteiger partial charge is 0.381 e. The first-order chi connectivity index (χ1) is 13.1. The van der Waals surface area contributed by atoms with E-state index in [1.54, 1.807) is 6.92 Å². The molecule has 2 aliphatic heterocycles. The van der Waals surface area contributed by atoms with Crippen molar-refractivity contribution in [3.8, 4) is 0 Å². The van der Waals surface area contributed by atoms with Crippen LogP contribution in [0.15, 0.2) is 24.3 Å². The molecular formula is C23H34N2O2. The molecule has 2 saturated heterocycles. The lowest BCUT2D eigenvalue weighted by Gasteiger charge is -2.42. The van der Waals surface area contributed by atoms with E-state index in [4.69, 9.17) is 4.74 Å². The molecule has 3 fully saturated rings. The Kier molecular flexibility index (Phi) is 5.56. The molecule has 1 saturated carbocycles. The topological polar surface area (TPSA) is 32.8 Å².